The molecule has 1 aliphatic carbocycles. The second-order valence-electron chi connectivity index (χ2n) is 14.6. The van der Waals surface area contributed by atoms with Crippen molar-refractivity contribution in [3.05, 3.63) is 77.9 Å². The first-order valence-corrected chi connectivity index (χ1v) is 14.6. The topological polar surface area (TPSA) is 52.3 Å². The van der Waals surface area contributed by atoms with Crippen LogP contribution in [0.4, 0.5) is 0 Å². The Morgan fingerprint density at radius 3 is 1.76 bits per heavy atom. The van der Waals surface area contributed by atoms with Gasteiger partial charge >= 0.3 is 0 Å². The molecular weight excluding hydrogens is 507 g/mol. The normalized spacial score (nSPS) is 20.0. The van der Waals surface area contributed by atoms with Crippen LogP contribution in [0.3, 0.4) is 0 Å². The van der Waals surface area contributed by atoms with Gasteiger partial charge in [-0.2, -0.15) is 0 Å². The fourth-order valence-electron chi connectivity index (χ4n) is 4.29. The minimum atomic E-state index is -0.244. The van der Waals surface area contributed by atoms with Gasteiger partial charge in [-0.3, -0.25) is 4.79 Å². The van der Waals surface area contributed by atoms with Gasteiger partial charge in [-0.1, -0.05) is 83.1 Å². The Bertz CT molecular complexity index is 1310. The Kier molecular flexibility index (Phi) is 7.86. The molecule has 206 valence electrons. The van der Waals surface area contributed by atoms with E-state index in [1.807, 2.05) is 30.4 Å². The van der Waals surface area contributed by atoms with E-state index in [-0.39, 0.29) is 27.4 Å². The number of carbonyl (C=O) groups excluding carboxylic acids is 1. The quantitative estimate of drug-likeness (QED) is 0.218. The zero-order chi connectivity index (χ0) is 29.2. The van der Waals surface area contributed by atoms with Crippen LogP contribution in [0.15, 0.2) is 62.6 Å². The number of Topliss-reactive ketones (excluding diaryl/α,β-unsaturated/α-hetero) is 1. The molecule has 5 heteroatoms. The van der Waals surface area contributed by atoms with Gasteiger partial charge in [-0.15, -0.1) is 12.6 Å². The summed E-state index contributed by atoms with van der Waals surface area (Å²) in [6.45, 7) is 28.0. The highest BCUT2D eigenvalue weighted by atomic mass is 32.1. The highest BCUT2D eigenvalue weighted by molar-refractivity contribution is 7.84. The second kappa shape index (κ2) is 9.82. The Labute approximate surface area is 240 Å². The Hall–Kier alpha value is -2.11. The molecule has 0 unspecified atom stereocenters. The molecule has 1 aromatic heterocycles. The van der Waals surface area contributed by atoms with Crippen LogP contribution in [0.2, 0.25) is 0 Å². The summed E-state index contributed by atoms with van der Waals surface area (Å²) in [4.78, 5) is 16.9. The fourth-order valence-corrected chi connectivity index (χ4v) is 6.14. The minimum Gasteiger partial charge on any atom is -0.464 e. The Balaban J connectivity index is 2.18. The first-order chi connectivity index (χ1) is 17.0. The van der Waals surface area contributed by atoms with Gasteiger partial charge in [-0.05, 0) is 35.8 Å². The maximum Gasteiger partial charge on any atom is 0.219 e. The predicted octanol–water partition coefficient (Wildman–Crippen LogP) is 9.27. The number of ether oxygens (including phenoxy) is 1. The second-order valence-corrected chi connectivity index (χ2v) is 16.2. The standard InChI is InChI=1S/C33H45NO2S2/c1-18(20-17-22(30(2,3)4)36-29(28(20)37)33(11,12)13)25-26(34)21(27(25)35)14-19-15-23(31(5,6)7)38-24(16-19)32(8,9)10/h14-17H,1-13H3,(H2-,34,35,37)/p+1. The molecule has 0 radical (unpaired) electrons. The molecule has 3 nitrogen and oxygen atoms in total. The van der Waals surface area contributed by atoms with E-state index >= 15 is 0 Å². The van der Waals surface area contributed by atoms with Crippen LogP contribution in [0, 0.1) is 10.8 Å². The molecule has 0 bridgehead atoms. The van der Waals surface area contributed by atoms with Crippen molar-refractivity contribution >= 4 is 35.8 Å². The van der Waals surface area contributed by atoms with Gasteiger partial charge in [0.2, 0.25) is 21.1 Å². The third kappa shape index (κ3) is 6.04. The molecular formula is C33H46NO2S2+. The number of carbonyl (C=O) groups is 1. The van der Waals surface area contributed by atoms with Gasteiger partial charge in [0, 0.05) is 44.9 Å². The lowest BCUT2D eigenvalue weighted by atomic mass is 9.78. The summed E-state index contributed by atoms with van der Waals surface area (Å²) in [5.41, 5.74) is 10.6. The summed E-state index contributed by atoms with van der Waals surface area (Å²) in [6.07, 6.45) is 3.97. The molecule has 3 rings (SSSR count). The van der Waals surface area contributed by atoms with Gasteiger partial charge < -0.3 is 10.5 Å². The van der Waals surface area contributed by atoms with Gasteiger partial charge in [-0.25, -0.2) is 0 Å². The largest absolute Gasteiger partial charge is 0.464 e. The molecule has 1 aromatic rings. The van der Waals surface area contributed by atoms with Crippen LogP contribution in [0.5, 0.6) is 0 Å². The number of allylic oxidation sites excluding steroid dienone is 7. The Morgan fingerprint density at radius 1 is 0.868 bits per heavy atom. The highest BCUT2D eigenvalue weighted by Crippen LogP contribution is 2.46. The molecule has 0 amide bonds. The zero-order valence-corrected chi connectivity index (χ0v) is 27.3. The van der Waals surface area contributed by atoms with Crippen molar-refractivity contribution in [1.29, 1.82) is 0 Å². The van der Waals surface area contributed by atoms with Crippen molar-refractivity contribution in [2.24, 2.45) is 16.6 Å². The van der Waals surface area contributed by atoms with E-state index in [0.29, 0.717) is 16.8 Å². The van der Waals surface area contributed by atoms with Crippen molar-refractivity contribution in [3.63, 3.8) is 0 Å². The van der Waals surface area contributed by atoms with Crippen molar-refractivity contribution in [1.82, 2.24) is 0 Å². The summed E-state index contributed by atoms with van der Waals surface area (Å²) >= 11 is 6.72. The number of hydrogen-bond acceptors (Lipinski definition) is 4. The molecule has 0 saturated heterocycles. The highest BCUT2D eigenvalue weighted by Gasteiger charge is 2.38. The first kappa shape index (κ1) is 30.4. The monoisotopic (exact) mass is 552 g/mol. The van der Waals surface area contributed by atoms with E-state index in [0.717, 1.165) is 33.1 Å². The molecule has 0 fully saturated rings. The summed E-state index contributed by atoms with van der Waals surface area (Å²) < 4.78 is 6.36. The van der Waals surface area contributed by atoms with Crippen LogP contribution in [-0.4, -0.2) is 5.78 Å². The van der Waals surface area contributed by atoms with Gasteiger partial charge in [0.25, 0.3) is 0 Å². The lowest BCUT2D eigenvalue weighted by Crippen LogP contribution is -2.29. The Morgan fingerprint density at radius 2 is 1.37 bits per heavy atom. The van der Waals surface area contributed by atoms with E-state index in [4.69, 9.17) is 23.1 Å². The SMILES string of the molecule is CC(=C1C=C(C(C)(C)C)OC(C(C)(C)C)=C1S)C1=C(N)C(=Cc2cc(C(C)(C)C)[s+]c(C(C)(C)C)c2)C1=O. The van der Waals surface area contributed by atoms with Crippen molar-refractivity contribution in [3.8, 4) is 0 Å². The average molecular weight is 553 g/mol. The molecule has 0 saturated carbocycles. The molecule has 2 heterocycles. The van der Waals surface area contributed by atoms with Crippen LogP contribution in [-0.2, 0) is 20.4 Å². The molecule has 2 aliphatic rings. The van der Waals surface area contributed by atoms with E-state index in [1.54, 1.807) is 0 Å². The van der Waals surface area contributed by atoms with Crippen LogP contribution < -0.4 is 5.73 Å². The number of rotatable bonds is 2. The summed E-state index contributed by atoms with van der Waals surface area (Å²) in [5.74, 6) is 1.63. The maximum atomic E-state index is 13.6. The van der Waals surface area contributed by atoms with Gasteiger partial charge in [0.1, 0.15) is 11.5 Å². The summed E-state index contributed by atoms with van der Waals surface area (Å²) in [7, 11) is 0. The molecule has 2 N–H and O–H groups in total. The molecule has 1 aliphatic heterocycles. The zero-order valence-electron chi connectivity index (χ0n) is 25.6. The number of ketones is 1. The van der Waals surface area contributed by atoms with Crippen molar-refractivity contribution in [2.75, 3.05) is 0 Å². The number of thiol groups is 1. The molecule has 0 aromatic carbocycles. The van der Waals surface area contributed by atoms with Crippen molar-refractivity contribution in [2.45, 2.75) is 101 Å². The van der Waals surface area contributed by atoms with Crippen LogP contribution in [0.25, 0.3) is 6.08 Å². The number of nitrogens with two attached hydrogens (primary N) is 1. The average Bonchev–Trinajstić information content (AvgIpc) is 2.74. The summed E-state index contributed by atoms with van der Waals surface area (Å²) in [6, 6.07) is 4.38. The van der Waals surface area contributed by atoms with Gasteiger partial charge in [0.15, 0.2) is 5.78 Å². The first-order valence-electron chi connectivity index (χ1n) is 13.3. The van der Waals surface area contributed by atoms with Crippen LogP contribution in [0.1, 0.15) is 105 Å². The van der Waals surface area contributed by atoms with E-state index in [1.165, 1.54) is 9.75 Å². The minimum absolute atomic E-state index is 0.0105. The molecule has 38 heavy (non-hydrogen) atoms. The smallest absolute Gasteiger partial charge is 0.219 e. The maximum absolute atomic E-state index is 13.6. The lowest BCUT2D eigenvalue weighted by Gasteiger charge is -2.35. The predicted molar refractivity (Wildman–Crippen MR) is 167 cm³/mol. The van der Waals surface area contributed by atoms with Gasteiger partial charge in [0.05, 0.1) is 10.6 Å². The van der Waals surface area contributed by atoms with E-state index in [9.17, 15) is 4.79 Å². The summed E-state index contributed by atoms with van der Waals surface area (Å²) in [5, 5.41) is 0. The third-order valence-corrected chi connectivity index (χ3v) is 9.14. The third-order valence-electron chi connectivity index (χ3n) is 6.79. The van der Waals surface area contributed by atoms with E-state index < -0.39 is 0 Å². The number of hydrogen-bond donors (Lipinski definition) is 2. The van der Waals surface area contributed by atoms with Crippen molar-refractivity contribution < 1.29 is 9.53 Å². The molecule has 0 spiro atoms. The van der Waals surface area contributed by atoms with E-state index in [2.05, 4.69) is 95.2 Å². The lowest BCUT2D eigenvalue weighted by molar-refractivity contribution is -0.112. The fraction of sp³-hybridized carbons (Fsp3) is 0.515. The van der Waals surface area contributed by atoms with Crippen LogP contribution >= 0.6 is 24.0 Å². The molecule has 0 atom stereocenters.